The molecule has 0 aromatic rings. The highest BCUT2D eigenvalue weighted by atomic mass is 16.4. The van der Waals surface area contributed by atoms with Gasteiger partial charge < -0.3 is 37.2 Å². The molecule has 0 spiro atoms. The third-order valence-electron chi connectivity index (χ3n) is 4.96. The Morgan fingerprint density at radius 2 is 1.74 bits per heavy atom. The molecule has 12 heteroatoms. The summed E-state index contributed by atoms with van der Waals surface area (Å²) in [4.78, 5) is 61.5. The summed E-state index contributed by atoms with van der Waals surface area (Å²) in [5, 5.41) is 24.0. The lowest BCUT2D eigenvalue weighted by Gasteiger charge is -2.29. The number of likely N-dealkylation sites (tertiary alicyclic amines) is 1. The van der Waals surface area contributed by atoms with Crippen LogP contribution in [0.15, 0.2) is 0 Å². The van der Waals surface area contributed by atoms with Crippen molar-refractivity contribution >= 4 is 29.6 Å². The van der Waals surface area contributed by atoms with Gasteiger partial charge in [-0.2, -0.15) is 0 Å². The average Bonchev–Trinajstić information content (AvgIpc) is 3.13. The first kappa shape index (κ1) is 26.3. The largest absolute Gasteiger partial charge is 0.480 e. The van der Waals surface area contributed by atoms with E-state index in [2.05, 4.69) is 10.6 Å². The molecule has 1 rings (SSSR count). The lowest BCUT2D eigenvalue weighted by molar-refractivity contribution is -0.144. The number of hydrogen-bond donors (Lipinski definition) is 6. The lowest BCUT2D eigenvalue weighted by Crippen LogP contribution is -2.59. The SMILES string of the molecule is CC(C)CC(NC(=O)C(NC(=O)C1CCCN1C(=O)C(N)CC(N)=O)C(C)O)C(=O)O. The molecule has 176 valence electrons. The van der Waals surface area contributed by atoms with Gasteiger partial charge in [-0.25, -0.2) is 4.79 Å². The van der Waals surface area contributed by atoms with E-state index < -0.39 is 59.9 Å². The summed E-state index contributed by atoms with van der Waals surface area (Å²) in [5.41, 5.74) is 10.8. The molecule has 5 atom stereocenters. The smallest absolute Gasteiger partial charge is 0.326 e. The fraction of sp³-hybridized carbons (Fsp3) is 0.737. The minimum Gasteiger partial charge on any atom is -0.480 e. The second-order valence-corrected chi connectivity index (χ2v) is 8.22. The minimum atomic E-state index is -1.42. The fourth-order valence-electron chi connectivity index (χ4n) is 3.43. The van der Waals surface area contributed by atoms with Gasteiger partial charge in [0.1, 0.15) is 18.1 Å². The van der Waals surface area contributed by atoms with Crippen molar-refractivity contribution in [1.29, 1.82) is 0 Å². The van der Waals surface area contributed by atoms with E-state index in [0.29, 0.717) is 12.8 Å². The quantitative estimate of drug-likeness (QED) is 0.203. The molecule has 4 amide bonds. The highest BCUT2D eigenvalue weighted by Gasteiger charge is 2.39. The normalized spacial score (nSPS) is 19.9. The van der Waals surface area contributed by atoms with E-state index in [0.717, 1.165) is 0 Å². The number of rotatable bonds is 11. The second-order valence-electron chi connectivity index (χ2n) is 8.22. The van der Waals surface area contributed by atoms with Crippen molar-refractivity contribution in [2.45, 2.75) is 76.7 Å². The first-order valence-corrected chi connectivity index (χ1v) is 10.2. The van der Waals surface area contributed by atoms with Crippen LogP contribution in [0.1, 0.15) is 46.5 Å². The lowest BCUT2D eigenvalue weighted by atomic mass is 10.0. The van der Waals surface area contributed by atoms with Crippen LogP contribution in [0.25, 0.3) is 0 Å². The highest BCUT2D eigenvalue weighted by molar-refractivity contribution is 5.95. The Labute approximate surface area is 180 Å². The standard InChI is InChI=1S/C19H33N5O7/c1-9(2)7-12(19(30)31)22-17(28)15(10(3)25)23-16(27)13-5-4-6-24(13)18(29)11(20)8-14(21)26/h9-13,15,25H,4-8,20H2,1-3H3,(H2,21,26)(H,22,28)(H,23,27)(H,30,31). The van der Waals surface area contributed by atoms with E-state index in [4.69, 9.17) is 11.5 Å². The van der Waals surface area contributed by atoms with Crippen molar-refractivity contribution in [3.63, 3.8) is 0 Å². The molecular weight excluding hydrogens is 410 g/mol. The molecule has 8 N–H and O–H groups in total. The summed E-state index contributed by atoms with van der Waals surface area (Å²) in [5.74, 6) is -4.14. The van der Waals surface area contributed by atoms with Gasteiger partial charge in [0.2, 0.25) is 23.6 Å². The molecule has 1 heterocycles. The summed E-state index contributed by atoms with van der Waals surface area (Å²) in [6.45, 7) is 5.11. The number of primary amides is 1. The maximum absolute atomic E-state index is 12.8. The van der Waals surface area contributed by atoms with Crippen LogP contribution in [-0.4, -0.2) is 81.5 Å². The number of hydrogen-bond acceptors (Lipinski definition) is 7. The van der Waals surface area contributed by atoms with Crippen molar-refractivity contribution in [2.75, 3.05) is 6.54 Å². The number of carbonyl (C=O) groups is 5. The van der Waals surface area contributed by atoms with Crippen LogP contribution in [0, 0.1) is 5.92 Å². The first-order valence-electron chi connectivity index (χ1n) is 10.2. The molecule has 1 saturated heterocycles. The van der Waals surface area contributed by atoms with E-state index in [9.17, 15) is 34.2 Å². The number of nitrogens with zero attached hydrogens (tertiary/aromatic N) is 1. The van der Waals surface area contributed by atoms with Gasteiger partial charge in [-0.15, -0.1) is 0 Å². The number of amides is 4. The van der Waals surface area contributed by atoms with Crippen molar-refractivity contribution in [3.8, 4) is 0 Å². The first-order chi connectivity index (χ1) is 14.3. The summed E-state index contributed by atoms with van der Waals surface area (Å²) in [6, 6.07) is -4.72. The monoisotopic (exact) mass is 443 g/mol. The summed E-state index contributed by atoms with van der Waals surface area (Å²) < 4.78 is 0. The van der Waals surface area contributed by atoms with Crippen molar-refractivity contribution in [3.05, 3.63) is 0 Å². The van der Waals surface area contributed by atoms with Gasteiger partial charge in [-0.05, 0) is 32.1 Å². The number of carboxylic acids is 1. The minimum absolute atomic E-state index is 0.0105. The Balaban J connectivity index is 2.88. The van der Waals surface area contributed by atoms with Crippen LogP contribution < -0.4 is 22.1 Å². The third-order valence-corrected chi connectivity index (χ3v) is 4.96. The molecule has 12 nitrogen and oxygen atoms in total. The average molecular weight is 444 g/mol. The zero-order valence-electron chi connectivity index (χ0n) is 18.0. The number of aliphatic carboxylic acids is 1. The molecule has 0 aromatic carbocycles. The predicted molar refractivity (Wildman–Crippen MR) is 109 cm³/mol. The van der Waals surface area contributed by atoms with Crippen LogP contribution >= 0.6 is 0 Å². The molecule has 0 bridgehead atoms. The molecular formula is C19H33N5O7. The van der Waals surface area contributed by atoms with Gasteiger partial charge in [0.15, 0.2) is 0 Å². The van der Waals surface area contributed by atoms with Crippen LogP contribution in [0.2, 0.25) is 0 Å². The third kappa shape index (κ3) is 7.79. The van der Waals surface area contributed by atoms with Gasteiger partial charge in [-0.3, -0.25) is 19.2 Å². The molecule has 1 fully saturated rings. The molecule has 1 aliphatic heterocycles. The maximum atomic E-state index is 12.8. The molecule has 0 aromatic heterocycles. The zero-order chi connectivity index (χ0) is 23.9. The number of aliphatic hydroxyl groups is 1. The van der Waals surface area contributed by atoms with Gasteiger partial charge in [0.05, 0.1) is 18.6 Å². The van der Waals surface area contributed by atoms with Gasteiger partial charge in [-0.1, -0.05) is 13.8 Å². The summed E-state index contributed by atoms with van der Waals surface area (Å²) in [7, 11) is 0. The Kier molecular flexibility index (Phi) is 9.85. The number of nitrogens with two attached hydrogens (primary N) is 2. The van der Waals surface area contributed by atoms with E-state index >= 15 is 0 Å². The molecule has 0 saturated carbocycles. The predicted octanol–water partition coefficient (Wildman–Crippen LogP) is -2.34. The van der Waals surface area contributed by atoms with Gasteiger partial charge in [0, 0.05) is 6.54 Å². The summed E-state index contributed by atoms with van der Waals surface area (Å²) in [6.07, 6.45) is -0.701. The van der Waals surface area contributed by atoms with Crippen LogP contribution in [0.4, 0.5) is 0 Å². The number of carboxylic acid groups (broad SMARTS) is 1. The fourth-order valence-corrected chi connectivity index (χ4v) is 3.43. The van der Waals surface area contributed by atoms with Crippen molar-refractivity contribution < 1.29 is 34.2 Å². The second kappa shape index (κ2) is 11.6. The van der Waals surface area contributed by atoms with E-state index in [-0.39, 0.29) is 25.3 Å². The Morgan fingerprint density at radius 3 is 2.23 bits per heavy atom. The Morgan fingerprint density at radius 1 is 1.13 bits per heavy atom. The van der Waals surface area contributed by atoms with Crippen LogP contribution in [-0.2, 0) is 24.0 Å². The van der Waals surface area contributed by atoms with Gasteiger partial charge >= 0.3 is 5.97 Å². The van der Waals surface area contributed by atoms with Crippen LogP contribution in [0.5, 0.6) is 0 Å². The molecule has 31 heavy (non-hydrogen) atoms. The zero-order valence-corrected chi connectivity index (χ0v) is 18.0. The number of nitrogens with one attached hydrogen (secondary N) is 2. The molecule has 5 unspecified atom stereocenters. The van der Waals surface area contributed by atoms with E-state index in [1.165, 1.54) is 11.8 Å². The molecule has 0 aliphatic carbocycles. The van der Waals surface area contributed by atoms with Gasteiger partial charge in [0.25, 0.3) is 0 Å². The number of carbonyl (C=O) groups excluding carboxylic acids is 4. The topological polar surface area (TPSA) is 205 Å². The molecule has 0 radical (unpaired) electrons. The van der Waals surface area contributed by atoms with Crippen LogP contribution in [0.3, 0.4) is 0 Å². The maximum Gasteiger partial charge on any atom is 0.326 e. The van der Waals surface area contributed by atoms with E-state index in [1.807, 2.05) is 0 Å². The van der Waals surface area contributed by atoms with Crippen molar-refractivity contribution in [2.24, 2.45) is 17.4 Å². The Hall–Kier alpha value is -2.73. The summed E-state index contributed by atoms with van der Waals surface area (Å²) >= 11 is 0. The van der Waals surface area contributed by atoms with E-state index in [1.54, 1.807) is 13.8 Å². The van der Waals surface area contributed by atoms with Crippen molar-refractivity contribution in [1.82, 2.24) is 15.5 Å². The molecule has 1 aliphatic rings. The Bertz CT molecular complexity index is 697. The number of aliphatic hydroxyl groups excluding tert-OH is 1. The highest BCUT2D eigenvalue weighted by Crippen LogP contribution is 2.19.